The number of pyridine rings is 1. The predicted octanol–water partition coefficient (Wildman–Crippen LogP) is 2.41. The van der Waals surface area contributed by atoms with Crippen molar-refractivity contribution in [3.05, 3.63) is 18.3 Å². The zero-order chi connectivity index (χ0) is 12.9. The molecule has 0 aliphatic heterocycles. The van der Waals surface area contributed by atoms with Crippen molar-refractivity contribution < 1.29 is 4.74 Å². The SMILES string of the molecule is CCCOc1cccnc1NC(C)(C)C(C)N. The third kappa shape index (κ3) is 3.89. The number of nitrogens with zero attached hydrogens (tertiary/aromatic N) is 1. The molecule has 17 heavy (non-hydrogen) atoms. The minimum absolute atomic E-state index is 0.0172. The summed E-state index contributed by atoms with van der Waals surface area (Å²) >= 11 is 0. The highest BCUT2D eigenvalue weighted by atomic mass is 16.5. The van der Waals surface area contributed by atoms with E-state index in [-0.39, 0.29) is 11.6 Å². The molecule has 0 saturated carbocycles. The van der Waals surface area contributed by atoms with Gasteiger partial charge >= 0.3 is 0 Å². The summed E-state index contributed by atoms with van der Waals surface area (Å²) < 4.78 is 5.65. The van der Waals surface area contributed by atoms with Gasteiger partial charge in [0.1, 0.15) is 0 Å². The van der Waals surface area contributed by atoms with Crippen LogP contribution < -0.4 is 15.8 Å². The van der Waals surface area contributed by atoms with Gasteiger partial charge in [-0.2, -0.15) is 0 Å². The lowest BCUT2D eigenvalue weighted by Gasteiger charge is -2.31. The maximum atomic E-state index is 5.94. The van der Waals surface area contributed by atoms with Crippen LogP contribution in [0.2, 0.25) is 0 Å². The molecular weight excluding hydrogens is 214 g/mol. The largest absolute Gasteiger partial charge is 0.490 e. The van der Waals surface area contributed by atoms with E-state index in [9.17, 15) is 0 Å². The van der Waals surface area contributed by atoms with Crippen LogP contribution in [0.5, 0.6) is 5.75 Å². The highest BCUT2D eigenvalue weighted by Gasteiger charge is 2.24. The first-order valence-electron chi connectivity index (χ1n) is 6.09. The fourth-order valence-corrected chi connectivity index (χ4v) is 1.23. The molecule has 0 saturated heterocycles. The molecule has 1 rings (SSSR count). The van der Waals surface area contributed by atoms with E-state index in [2.05, 4.69) is 31.1 Å². The van der Waals surface area contributed by atoms with Crippen LogP contribution in [0.25, 0.3) is 0 Å². The van der Waals surface area contributed by atoms with Gasteiger partial charge in [0.25, 0.3) is 0 Å². The maximum absolute atomic E-state index is 5.94. The summed E-state index contributed by atoms with van der Waals surface area (Å²) in [6.45, 7) is 8.85. The molecule has 4 nitrogen and oxygen atoms in total. The van der Waals surface area contributed by atoms with Crippen molar-refractivity contribution in [1.29, 1.82) is 0 Å². The van der Waals surface area contributed by atoms with Crippen LogP contribution in [0, 0.1) is 0 Å². The van der Waals surface area contributed by atoms with Gasteiger partial charge in [0, 0.05) is 17.8 Å². The number of rotatable bonds is 6. The second-order valence-corrected chi connectivity index (χ2v) is 4.83. The number of anilines is 1. The Morgan fingerprint density at radius 1 is 1.53 bits per heavy atom. The second kappa shape index (κ2) is 5.87. The smallest absolute Gasteiger partial charge is 0.169 e. The van der Waals surface area contributed by atoms with Crippen molar-refractivity contribution >= 4 is 5.82 Å². The van der Waals surface area contributed by atoms with Crippen molar-refractivity contribution in [2.75, 3.05) is 11.9 Å². The summed E-state index contributed by atoms with van der Waals surface area (Å²) in [4.78, 5) is 4.31. The second-order valence-electron chi connectivity index (χ2n) is 4.83. The standard InChI is InChI=1S/C13H23N3O/c1-5-9-17-11-7-6-8-15-12(11)16-13(3,4)10(2)14/h6-8,10H,5,9,14H2,1-4H3,(H,15,16). The van der Waals surface area contributed by atoms with Gasteiger partial charge in [-0.15, -0.1) is 0 Å². The molecule has 0 radical (unpaired) electrons. The number of hydrogen-bond acceptors (Lipinski definition) is 4. The third-order valence-corrected chi connectivity index (χ3v) is 2.81. The first-order chi connectivity index (χ1) is 7.97. The van der Waals surface area contributed by atoms with Crippen molar-refractivity contribution in [3.63, 3.8) is 0 Å². The fourth-order valence-electron chi connectivity index (χ4n) is 1.23. The van der Waals surface area contributed by atoms with E-state index in [0.717, 1.165) is 18.0 Å². The molecule has 0 aromatic carbocycles. The Labute approximate surface area is 104 Å². The third-order valence-electron chi connectivity index (χ3n) is 2.81. The van der Waals surface area contributed by atoms with Crippen LogP contribution in [0.3, 0.4) is 0 Å². The van der Waals surface area contributed by atoms with Crippen LogP contribution in [-0.4, -0.2) is 23.2 Å². The molecule has 3 N–H and O–H groups in total. The zero-order valence-electron chi connectivity index (χ0n) is 11.2. The summed E-state index contributed by atoms with van der Waals surface area (Å²) in [6, 6.07) is 3.81. The molecular formula is C13H23N3O. The summed E-state index contributed by atoms with van der Waals surface area (Å²) in [5, 5.41) is 3.33. The molecule has 0 fully saturated rings. The average Bonchev–Trinajstić information content (AvgIpc) is 2.27. The van der Waals surface area contributed by atoms with Crippen molar-refractivity contribution in [2.24, 2.45) is 5.73 Å². The Morgan fingerprint density at radius 3 is 2.82 bits per heavy atom. The van der Waals surface area contributed by atoms with Gasteiger partial charge in [0.2, 0.25) is 0 Å². The quantitative estimate of drug-likeness (QED) is 0.797. The number of nitrogens with two attached hydrogens (primary N) is 1. The molecule has 1 unspecified atom stereocenters. The maximum Gasteiger partial charge on any atom is 0.169 e. The Bertz CT molecular complexity index is 350. The van der Waals surface area contributed by atoms with Crippen LogP contribution in [0.4, 0.5) is 5.82 Å². The van der Waals surface area contributed by atoms with Crippen LogP contribution in [0.15, 0.2) is 18.3 Å². The van der Waals surface area contributed by atoms with Gasteiger partial charge in [-0.25, -0.2) is 4.98 Å². The van der Waals surface area contributed by atoms with Gasteiger partial charge in [-0.05, 0) is 39.3 Å². The summed E-state index contributed by atoms with van der Waals surface area (Å²) in [6.07, 6.45) is 2.73. The van der Waals surface area contributed by atoms with Gasteiger partial charge < -0.3 is 15.8 Å². The Hall–Kier alpha value is -1.29. The van der Waals surface area contributed by atoms with E-state index in [1.807, 2.05) is 19.1 Å². The van der Waals surface area contributed by atoms with Gasteiger partial charge in [0.15, 0.2) is 11.6 Å². The molecule has 4 heteroatoms. The first-order valence-corrected chi connectivity index (χ1v) is 6.09. The highest BCUT2D eigenvalue weighted by Crippen LogP contribution is 2.25. The van der Waals surface area contributed by atoms with E-state index in [4.69, 9.17) is 10.5 Å². The van der Waals surface area contributed by atoms with Crippen LogP contribution in [-0.2, 0) is 0 Å². The molecule has 1 atom stereocenters. The van der Waals surface area contributed by atoms with E-state index < -0.39 is 0 Å². The predicted molar refractivity (Wildman–Crippen MR) is 71.4 cm³/mol. The summed E-state index contributed by atoms with van der Waals surface area (Å²) in [5.41, 5.74) is 5.71. The van der Waals surface area contributed by atoms with Gasteiger partial charge in [-0.1, -0.05) is 6.92 Å². The fraction of sp³-hybridized carbons (Fsp3) is 0.615. The molecule has 96 valence electrons. The average molecular weight is 237 g/mol. The first kappa shape index (κ1) is 13.8. The Balaban J connectivity index is 2.83. The molecule has 1 heterocycles. The highest BCUT2D eigenvalue weighted by molar-refractivity contribution is 5.51. The molecule has 0 aliphatic rings. The lowest BCUT2D eigenvalue weighted by atomic mass is 9.97. The molecule has 0 spiro atoms. The molecule has 0 aliphatic carbocycles. The van der Waals surface area contributed by atoms with Crippen molar-refractivity contribution in [2.45, 2.75) is 45.7 Å². The monoisotopic (exact) mass is 237 g/mol. The number of nitrogens with one attached hydrogen (secondary N) is 1. The van der Waals surface area contributed by atoms with Crippen LogP contribution in [0.1, 0.15) is 34.1 Å². The molecule has 0 amide bonds. The van der Waals surface area contributed by atoms with E-state index in [0.29, 0.717) is 6.61 Å². The van der Waals surface area contributed by atoms with Crippen molar-refractivity contribution in [3.8, 4) is 5.75 Å². The van der Waals surface area contributed by atoms with Crippen LogP contribution >= 0.6 is 0 Å². The molecule has 0 bridgehead atoms. The number of ether oxygens (including phenoxy) is 1. The topological polar surface area (TPSA) is 60.2 Å². The number of aromatic nitrogens is 1. The molecule has 1 aromatic heterocycles. The normalized spacial score (nSPS) is 13.2. The summed E-state index contributed by atoms with van der Waals surface area (Å²) in [5.74, 6) is 1.53. The lowest BCUT2D eigenvalue weighted by molar-refractivity contribution is 0.316. The lowest BCUT2D eigenvalue weighted by Crippen LogP contribution is -2.47. The molecule has 1 aromatic rings. The van der Waals surface area contributed by atoms with E-state index in [1.165, 1.54) is 0 Å². The van der Waals surface area contributed by atoms with E-state index in [1.54, 1.807) is 6.20 Å². The zero-order valence-corrected chi connectivity index (χ0v) is 11.2. The van der Waals surface area contributed by atoms with E-state index >= 15 is 0 Å². The van der Waals surface area contributed by atoms with Crippen molar-refractivity contribution in [1.82, 2.24) is 4.98 Å². The Kier molecular flexibility index (Phi) is 4.75. The Morgan fingerprint density at radius 2 is 2.24 bits per heavy atom. The minimum atomic E-state index is -0.224. The minimum Gasteiger partial charge on any atom is -0.490 e. The van der Waals surface area contributed by atoms with Gasteiger partial charge in [-0.3, -0.25) is 0 Å². The number of hydrogen-bond donors (Lipinski definition) is 2. The summed E-state index contributed by atoms with van der Waals surface area (Å²) in [7, 11) is 0. The van der Waals surface area contributed by atoms with Gasteiger partial charge in [0.05, 0.1) is 6.61 Å².